The maximum Gasteiger partial charge on any atom is 0.223 e. The minimum atomic E-state index is -0.0836. The fraction of sp³-hybridized carbons (Fsp3) is 0.526. The van der Waals surface area contributed by atoms with Crippen molar-refractivity contribution in [2.24, 2.45) is 5.73 Å². The first kappa shape index (κ1) is 22.1. The third-order valence-corrected chi connectivity index (χ3v) is 4.52. The number of nitrogens with one attached hydrogen (secondary N) is 1. The number of amides is 2. The molecule has 0 aliphatic carbocycles. The topological polar surface area (TPSA) is 92.5 Å². The molecule has 144 valence electrons. The van der Waals surface area contributed by atoms with Gasteiger partial charge in [-0.2, -0.15) is 0 Å². The molecular weight excluding hydrogens is 354 g/mol. The molecule has 0 radical (unpaired) electrons. The first-order valence-electron chi connectivity index (χ1n) is 8.96. The van der Waals surface area contributed by atoms with Crippen LogP contribution in [0.15, 0.2) is 30.3 Å². The number of halogens is 1. The molecule has 2 rings (SSSR count). The summed E-state index contributed by atoms with van der Waals surface area (Å²) in [6, 6.07) is 9.04. The first-order valence-corrected chi connectivity index (χ1v) is 8.96. The highest BCUT2D eigenvalue weighted by Gasteiger charge is 2.27. The summed E-state index contributed by atoms with van der Waals surface area (Å²) in [6.07, 6.45) is 3.61. The van der Waals surface area contributed by atoms with Gasteiger partial charge in [-0.1, -0.05) is 30.3 Å². The molecule has 3 N–H and O–H groups in total. The predicted octanol–water partition coefficient (Wildman–Crippen LogP) is 1.92. The lowest BCUT2D eigenvalue weighted by Gasteiger charge is -2.36. The van der Waals surface area contributed by atoms with Gasteiger partial charge in [0, 0.05) is 50.5 Å². The van der Waals surface area contributed by atoms with E-state index in [-0.39, 0.29) is 48.9 Å². The van der Waals surface area contributed by atoms with Crippen LogP contribution in [0.4, 0.5) is 0 Å². The van der Waals surface area contributed by atoms with E-state index in [9.17, 15) is 14.4 Å². The van der Waals surface area contributed by atoms with Crippen molar-refractivity contribution in [3.8, 4) is 0 Å². The Morgan fingerprint density at radius 2 is 1.81 bits per heavy atom. The van der Waals surface area contributed by atoms with Crippen LogP contribution in [0.1, 0.15) is 48.9 Å². The van der Waals surface area contributed by atoms with Gasteiger partial charge >= 0.3 is 0 Å². The van der Waals surface area contributed by atoms with E-state index in [1.807, 2.05) is 23.1 Å². The summed E-state index contributed by atoms with van der Waals surface area (Å²) in [6.45, 7) is 1.47. The van der Waals surface area contributed by atoms with Gasteiger partial charge in [0.25, 0.3) is 0 Å². The maximum absolute atomic E-state index is 12.6. The normalized spacial score (nSPS) is 16.5. The van der Waals surface area contributed by atoms with Gasteiger partial charge < -0.3 is 16.0 Å². The molecule has 0 aromatic heterocycles. The van der Waals surface area contributed by atoms with Gasteiger partial charge in [-0.15, -0.1) is 12.4 Å². The number of hydrogen-bond acceptors (Lipinski definition) is 4. The van der Waals surface area contributed by atoms with Crippen molar-refractivity contribution in [2.75, 3.05) is 19.6 Å². The van der Waals surface area contributed by atoms with Gasteiger partial charge in [-0.3, -0.25) is 14.4 Å². The lowest BCUT2D eigenvalue weighted by molar-refractivity contribution is -0.135. The molecule has 26 heavy (non-hydrogen) atoms. The van der Waals surface area contributed by atoms with E-state index < -0.39 is 0 Å². The summed E-state index contributed by atoms with van der Waals surface area (Å²) in [5, 5.41) is 2.85. The molecule has 1 aliphatic heterocycles. The number of Topliss-reactive ketones (excluding diaryl/α,β-unsaturated/α-hetero) is 1. The number of nitrogens with zero attached hydrogens (tertiary/aromatic N) is 1. The minimum Gasteiger partial charge on any atom is -0.354 e. The van der Waals surface area contributed by atoms with Crippen molar-refractivity contribution < 1.29 is 14.4 Å². The number of likely N-dealkylation sites (tertiary alicyclic amines) is 1. The van der Waals surface area contributed by atoms with E-state index >= 15 is 0 Å². The van der Waals surface area contributed by atoms with E-state index in [0.29, 0.717) is 31.6 Å². The monoisotopic (exact) mass is 381 g/mol. The molecule has 0 spiro atoms. The third kappa shape index (κ3) is 6.77. The zero-order valence-corrected chi connectivity index (χ0v) is 15.8. The van der Waals surface area contributed by atoms with Crippen LogP contribution in [0.2, 0.25) is 0 Å². The molecule has 1 aliphatic rings. The second-order valence-corrected chi connectivity index (χ2v) is 6.37. The molecule has 1 fully saturated rings. The largest absolute Gasteiger partial charge is 0.354 e. The molecule has 0 saturated carbocycles. The van der Waals surface area contributed by atoms with Crippen LogP contribution < -0.4 is 11.1 Å². The summed E-state index contributed by atoms with van der Waals surface area (Å²) in [5.74, 6) is -0.111. The van der Waals surface area contributed by atoms with Gasteiger partial charge in [0.1, 0.15) is 0 Å². The second-order valence-electron chi connectivity index (χ2n) is 6.37. The Hall–Kier alpha value is -1.92. The Morgan fingerprint density at radius 1 is 1.08 bits per heavy atom. The number of nitrogens with two attached hydrogens (primary N) is 1. The van der Waals surface area contributed by atoms with E-state index in [1.54, 1.807) is 12.1 Å². The maximum atomic E-state index is 12.6. The van der Waals surface area contributed by atoms with Gasteiger partial charge in [-0.05, 0) is 19.3 Å². The minimum absolute atomic E-state index is 0. The molecule has 1 aromatic carbocycles. The Morgan fingerprint density at radius 3 is 2.50 bits per heavy atom. The summed E-state index contributed by atoms with van der Waals surface area (Å²) in [5.41, 5.74) is 6.01. The highest BCUT2D eigenvalue weighted by Crippen LogP contribution is 2.18. The molecule has 1 saturated heterocycles. The SMILES string of the molecule is Cl.NCCC(=O)NCC1CCCCN1C(=O)CCC(=O)c1ccccc1. The van der Waals surface area contributed by atoms with Crippen LogP contribution >= 0.6 is 12.4 Å². The molecule has 0 bridgehead atoms. The summed E-state index contributed by atoms with van der Waals surface area (Å²) < 4.78 is 0. The van der Waals surface area contributed by atoms with Crippen LogP contribution in [0.5, 0.6) is 0 Å². The summed E-state index contributed by atoms with van der Waals surface area (Å²) in [7, 11) is 0. The van der Waals surface area contributed by atoms with Gasteiger partial charge in [0.2, 0.25) is 11.8 Å². The lowest BCUT2D eigenvalue weighted by Crippen LogP contribution is -2.49. The van der Waals surface area contributed by atoms with E-state index in [1.165, 1.54) is 0 Å². The van der Waals surface area contributed by atoms with Crippen LogP contribution in [-0.4, -0.2) is 48.2 Å². The first-order chi connectivity index (χ1) is 12.1. The predicted molar refractivity (Wildman–Crippen MR) is 103 cm³/mol. The molecule has 2 amide bonds. The number of rotatable bonds is 8. The third-order valence-electron chi connectivity index (χ3n) is 4.52. The smallest absolute Gasteiger partial charge is 0.223 e. The fourth-order valence-corrected chi connectivity index (χ4v) is 3.12. The zero-order valence-electron chi connectivity index (χ0n) is 15.0. The Kier molecular flexibility index (Phi) is 9.91. The highest BCUT2D eigenvalue weighted by molar-refractivity contribution is 5.97. The van der Waals surface area contributed by atoms with Crippen molar-refractivity contribution in [1.82, 2.24) is 10.2 Å². The van der Waals surface area contributed by atoms with E-state index in [2.05, 4.69) is 5.32 Å². The average Bonchev–Trinajstić information content (AvgIpc) is 2.65. The highest BCUT2D eigenvalue weighted by atomic mass is 35.5. The molecule has 6 nitrogen and oxygen atoms in total. The van der Waals surface area contributed by atoms with Crippen molar-refractivity contribution in [3.63, 3.8) is 0 Å². The molecule has 1 heterocycles. The number of hydrogen-bond donors (Lipinski definition) is 2. The lowest BCUT2D eigenvalue weighted by atomic mass is 10.00. The molecule has 1 unspecified atom stereocenters. The van der Waals surface area contributed by atoms with E-state index in [4.69, 9.17) is 5.73 Å². The number of carbonyl (C=O) groups is 3. The van der Waals surface area contributed by atoms with Crippen LogP contribution in [-0.2, 0) is 9.59 Å². The standard InChI is InChI=1S/C19H27N3O3.ClH/c20-12-11-18(24)21-14-16-8-4-5-13-22(16)19(25)10-9-17(23)15-6-2-1-3-7-15;/h1-3,6-7,16H,4-5,8-14,20H2,(H,21,24);1H. The van der Waals surface area contributed by atoms with Gasteiger partial charge in [0.05, 0.1) is 0 Å². The quantitative estimate of drug-likeness (QED) is 0.673. The number of piperidine rings is 1. The van der Waals surface area contributed by atoms with Crippen molar-refractivity contribution in [3.05, 3.63) is 35.9 Å². The van der Waals surface area contributed by atoms with Crippen molar-refractivity contribution in [1.29, 1.82) is 0 Å². The molecular formula is C19H28ClN3O3. The average molecular weight is 382 g/mol. The van der Waals surface area contributed by atoms with Crippen molar-refractivity contribution in [2.45, 2.75) is 44.6 Å². The summed E-state index contributed by atoms with van der Waals surface area (Å²) in [4.78, 5) is 38.1. The van der Waals surface area contributed by atoms with E-state index in [0.717, 1.165) is 19.3 Å². The van der Waals surface area contributed by atoms with Crippen LogP contribution in [0, 0.1) is 0 Å². The Bertz CT molecular complexity index is 595. The van der Waals surface area contributed by atoms with Crippen molar-refractivity contribution >= 4 is 30.0 Å². The molecule has 1 atom stereocenters. The molecule has 7 heteroatoms. The Balaban J connectivity index is 0.00000338. The van der Waals surface area contributed by atoms with Gasteiger partial charge in [-0.25, -0.2) is 0 Å². The second kappa shape index (κ2) is 11.6. The van der Waals surface area contributed by atoms with Crippen LogP contribution in [0.3, 0.4) is 0 Å². The molecule has 1 aromatic rings. The number of carbonyl (C=O) groups excluding carboxylic acids is 3. The zero-order chi connectivity index (χ0) is 18.1. The fourth-order valence-electron chi connectivity index (χ4n) is 3.12. The summed E-state index contributed by atoms with van der Waals surface area (Å²) >= 11 is 0. The number of benzene rings is 1. The van der Waals surface area contributed by atoms with Gasteiger partial charge in [0.15, 0.2) is 5.78 Å². The van der Waals surface area contributed by atoms with Crippen LogP contribution in [0.25, 0.3) is 0 Å². The number of ketones is 1. The Labute approximate surface area is 160 Å².